The Balaban J connectivity index is 3.85. The number of nitrogens with one attached hydrogen (secondary N) is 1. The summed E-state index contributed by atoms with van der Waals surface area (Å²) < 4.78 is 34.1. The Labute approximate surface area is 58.8 Å². The van der Waals surface area contributed by atoms with Crippen molar-refractivity contribution in [2.24, 2.45) is 0 Å². The molecule has 0 aliphatic rings. The molecule has 0 saturated carbocycles. The quantitative estimate of drug-likeness (QED) is 0.470. The summed E-state index contributed by atoms with van der Waals surface area (Å²) in [5, 5.41) is 8.79. The van der Waals surface area contributed by atoms with E-state index < -0.39 is 17.8 Å². The number of carbonyl (C=O) groups is 1. The van der Waals surface area contributed by atoms with Crippen molar-refractivity contribution in [3.63, 3.8) is 0 Å². The van der Waals surface area contributed by atoms with Gasteiger partial charge in [0.2, 0.25) is 5.50 Å². The first-order valence-electron chi connectivity index (χ1n) is 2.04. The van der Waals surface area contributed by atoms with Gasteiger partial charge >= 0.3 is 12.3 Å². The molecule has 0 rings (SSSR count). The van der Waals surface area contributed by atoms with E-state index in [0.717, 1.165) is 5.32 Å². The van der Waals surface area contributed by atoms with Gasteiger partial charge in [-0.1, -0.05) is 11.6 Å². The molecule has 0 aromatic carbocycles. The van der Waals surface area contributed by atoms with Crippen LogP contribution in [0, 0.1) is 0 Å². The Morgan fingerprint density at radius 2 is 2.00 bits per heavy atom. The van der Waals surface area contributed by atoms with Gasteiger partial charge in [-0.2, -0.15) is 13.2 Å². The van der Waals surface area contributed by atoms with Crippen LogP contribution in [0.4, 0.5) is 18.0 Å². The molecule has 1 atom stereocenters. The van der Waals surface area contributed by atoms with Gasteiger partial charge in [0.05, 0.1) is 0 Å². The summed E-state index contributed by atoms with van der Waals surface area (Å²) >= 11 is 4.53. The van der Waals surface area contributed by atoms with Crippen LogP contribution in [0.1, 0.15) is 0 Å². The lowest BCUT2D eigenvalue weighted by Gasteiger charge is -2.11. The molecule has 0 aliphatic carbocycles. The fraction of sp³-hybridized carbons (Fsp3) is 0.667. The van der Waals surface area contributed by atoms with Crippen LogP contribution in [0.15, 0.2) is 0 Å². The predicted molar refractivity (Wildman–Crippen MR) is 26.9 cm³/mol. The van der Waals surface area contributed by atoms with Gasteiger partial charge in [0.1, 0.15) is 0 Å². The molecule has 0 bridgehead atoms. The van der Waals surface area contributed by atoms with E-state index in [1.165, 1.54) is 0 Å². The van der Waals surface area contributed by atoms with Gasteiger partial charge in [0.15, 0.2) is 0 Å². The number of hydrogen-bond donors (Lipinski definition) is 2. The third-order valence-electron chi connectivity index (χ3n) is 0.538. The van der Waals surface area contributed by atoms with Gasteiger partial charge < -0.3 is 5.11 Å². The molecule has 60 valence electrons. The first-order valence-corrected chi connectivity index (χ1v) is 2.48. The second-order valence-corrected chi connectivity index (χ2v) is 1.79. The minimum atomic E-state index is -4.74. The highest BCUT2D eigenvalue weighted by molar-refractivity contribution is 6.21. The van der Waals surface area contributed by atoms with Gasteiger partial charge in [-0.15, -0.1) is 0 Å². The summed E-state index contributed by atoms with van der Waals surface area (Å²) in [6.07, 6.45) is -6.54. The van der Waals surface area contributed by atoms with Crippen molar-refractivity contribution < 1.29 is 23.1 Å². The molecule has 1 unspecified atom stereocenters. The fourth-order valence-corrected chi connectivity index (χ4v) is 0.284. The Morgan fingerprint density at radius 3 is 2.10 bits per heavy atom. The van der Waals surface area contributed by atoms with Crippen LogP contribution < -0.4 is 5.32 Å². The average molecular weight is 178 g/mol. The van der Waals surface area contributed by atoms with Crippen molar-refractivity contribution in [2.45, 2.75) is 11.7 Å². The first-order chi connectivity index (χ1) is 4.34. The van der Waals surface area contributed by atoms with Crippen LogP contribution in [0.3, 0.4) is 0 Å². The largest absolute Gasteiger partial charge is 0.465 e. The lowest BCUT2D eigenvalue weighted by Crippen LogP contribution is -2.40. The number of hydrogen-bond acceptors (Lipinski definition) is 1. The van der Waals surface area contributed by atoms with Crippen LogP contribution in [0.2, 0.25) is 0 Å². The molecule has 0 saturated heterocycles. The van der Waals surface area contributed by atoms with E-state index in [2.05, 4.69) is 11.6 Å². The number of halogens is 4. The van der Waals surface area contributed by atoms with Crippen LogP contribution in [-0.4, -0.2) is 22.9 Å². The van der Waals surface area contributed by atoms with Crippen molar-refractivity contribution >= 4 is 17.7 Å². The van der Waals surface area contributed by atoms with Crippen LogP contribution >= 0.6 is 11.6 Å². The summed E-state index contributed by atoms with van der Waals surface area (Å²) in [7, 11) is 0. The van der Waals surface area contributed by atoms with Crippen LogP contribution in [0.5, 0.6) is 0 Å². The zero-order chi connectivity index (χ0) is 8.36. The highest BCUT2D eigenvalue weighted by Crippen LogP contribution is 2.22. The van der Waals surface area contributed by atoms with Crippen LogP contribution in [0.25, 0.3) is 0 Å². The van der Waals surface area contributed by atoms with Crippen molar-refractivity contribution in [1.29, 1.82) is 0 Å². The molecule has 0 heterocycles. The first kappa shape index (κ1) is 9.35. The second kappa shape index (κ2) is 2.96. The lowest BCUT2D eigenvalue weighted by atomic mass is 10.6. The van der Waals surface area contributed by atoms with E-state index in [1.807, 2.05) is 0 Å². The van der Waals surface area contributed by atoms with E-state index in [1.54, 1.807) is 0 Å². The zero-order valence-electron chi connectivity index (χ0n) is 4.44. The van der Waals surface area contributed by atoms with E-state index in [0.29, 0.717) is 0 Å². The molecule has 0 aromatic heterocycles. The molecule has 7 heteroatoms. The molecular formula is C3H3ClF3NO2. The minimum Gasteiger partial charge on any atom is -0.465 e. The Kier molecular flexibility index (Phi) is 2.77. The number of amides is 1. The maximum Gasteiger partial charge on any atom is 0.422 e. The second-order valence-electron chi connectivity index (χ2n) is 1.35. The van der Waals surface area contributed by atoms with Crippen LogP contribution in [-0.2, 0) is 0 Å². The number of alkyl halides is 4. The maximum atomic E-state index is 11.4. The molecule has 0 fully saturated rings. The third kappa shape index (κ3) is 3.39. The van der Waals surface area contributed by atoms with Crippen molar-refractivity contribution in [2.75, 3.05) is 0 Å². The van der Waals surface area contributed by atoms with E-state index in [9.17, 15) is 18.0 Å². The van der Waals surface area contributed by atoms with Gasteiger partial charge in [0, 0.05) is 0 Å². The summed E-state index contributed by atoms with van der Waals surface area (Å²) in [5.74, 6) is 0. The molecule has 2 N–H and O–H groups in total. The fourth-order valence-electron chi connectivity index (χ4n) is 0.190. The molecule has 0 aliphatic heterocycles. The van der Waals surface area contributed by atoms with Gasteiger partial charge in [0.25, 0.3) is 0 Å². The Bertz CT molecular complexity index is 136. The Morgan fingerprint density at radius 1 is 1.60 bits per heavy atom. The van der Waals surface area contributed by atoms with Crippen molar-refractivity contribution in [3.05, 3.63) is 0 Å². The Hall–Kier alpha value is -0.650. The standard InChI is InChI=1S/C3H3ClF3NO2/c4-1(3(5,6)7)8-2(9)10/h1,8H,(H,9,10). The molecule has 0 aromatic rings. The molecule has 0 radical (unpaired) electrons. The smallest absolute Gasteiger partial charge is 0.422 e. The summed E-state index contributed by atoms with van der Waals surface area (Å²) in [6, 6.07) is 0. The summed E-state index contributed by atoms with van der Waals surface area (Å²) in [4.78, 5) is 9.56. The van der Waals surface area contributed by atoms with E-state index in [4.69, 9.17) is 5.11 Å². The monoisotopic (exact) mass is 177 g/mol. The maximum absolute atomic E-state index is 11.4. The normalized spacial score (nSPS) is 14.4. The third-order valence-corrected chi connectivity index (χ3v) is 0.894. The molecule has 1 amide bonds. The number of rotatable bonds is 1. The summed E-state index contributed by atoms with van der Waals surface area (Å²) in [6.45, 7) is 0. The van der Waals surface area contributed by atoms with Gasteiger partial charge in [-0.25, -0.2) is 4.79 Å². The number of carboxylic acid groups (broad SMARTS) is 1. The average Bonchev–Trinajstić information content (AvgIpc) is 1.60. The zero-order valence-corrected chi connectivity index (χ0v) is 5.20. The molecule has 10 heavy (non-hydrogen) atoms. The highest BCUT2D eigenvalue weighted by Gasteiger charge is 2.39. The molecule has 3 nitrogen and oxygen atoms in total. The summed E-state index contributed by atoms with van der Waals surface area (Å²) in [5.41, 5.74) is -2.54. The van der Waals surface area contributed by atoms with Gasteiger partial charge in [-0.05, 0) is 0 Å². The lowest BCUT2D eigenvalue weighted by molar-refractivity contribution is -0.134. The predicted octanol–water partition coefficient (Wildman–Crippen LogP) is 1.38. The minimum absolute atomic E-state index is 1.04. The van der Waals surface area contributed by atoms with E-state index >= 15 is 0 Å². The van der Waals surface area contributed by atoms with Gasteiger partial charge in [-0.3, -0.25) is 5.32 Å². The van der Waals surface area contributed by atoms with Crippen molar-refractivity contribution in [1.82, 2.24) is 5.32 Å². The topological polar surface area (TPSA) is 49.3 Å². The SMILES string of the molecule is O=C(O)NC(Cl)C(F)(F)F. The molecule has 0 spiro atoms. The molecular weight excluding hydrogens is 174 g/mol. The van der Waals surface area contributed by atoms with Crippen molar-refractivity contribution in [3.8, 4) is 0 Å². The highest BCUT2D eigenvalue weighted by atomic mass is 35.5. The van der Waals surface area contributed by atoms with E-state index in [-0.39, 0.29) is 0 Å².